The lowest BCUT2D eigenvalue weighted by molar-refractivity contribution is 0.627. The van der Waals surface area contributed by atoms with Crippen LogP contribution in [0.2, 0.25) is 5.02 Å². The maximum Gasteiger partial charge on any atom is 0.125 e. The molecule has 2 nitrogen and oxygen atoms in total. The maximum atomic E-state index is 13.0. The molecule has 0 radical (unpaired) electrons. The molecule has 0 aliphatic carbocycles. The summed E-state index contributed by atoms with van der Waals surface area (Å²) in [6.45, 7) is 0.507. The molecule has 5 heteroatoms. The van der Waals surface area contributed by atoms with Crippen molar-refractivity contribution >= 4 is 29.1 Å². The Morgan fingerprint density at radius 3 is 2.94 bits per heavy atom. The van der Waals surface area contributed by atoms with E-state index in [1.165, 1.54) is 12.1 Å². The molecular formula is C11H16ClFN2S. The van der Waals surface area contributed by atoms with Gasteiger partial charge in [-0.3, -0.25) is 0 Å². The quantitative estimate of drug-likeness (QED) is 0.828. The second-order valence-electron chi connectivity index (χ2n) is 3.48. The van der Waals surface area contributed by atoms with Gasteiger partial charge in [0, 0.05) is 12.6 Å². The van der Waals surface area contributed by atoms with Crippen LogP contribution in [0.5, 0.6) is 0 Å². The Morgan fingerprint density at radius 2 is 2.31 bits per heavy atom. The van der Waals surface area contributed by atoms with E-state index in [-0.39, 0.29) is 11.9 Å². The normalized spacial score (nSPS) is 12.5. The van der Waals surface area contributed by atoms with Crippen LogP contribution in [0.4, 0.5) is 10.1 Å². The molecule has 1 unspecified atom stereocenters. The van der Waals surface area contributed by atoms with Gasteiger partial charge in [-0.1, -0.05) is 11.6 Å². The van der Waals surface area contributed by atoms with Gasteiger partial charge in [-0.15, -0.1) is 0 Å². The van der Waals surface area contributed by atoms with Crippen molar-refractivity contribution < 1.29 is 4.39 Å². The SMILES string of the molecule is CSCCC(CN)Nc1cc(F)ccc1Cl. The van der Waals surface area contributed by atoms with E-state index in [4.69, 9.17) is 17.3 Å². The van der Waals surface area contributed by atoms with Crippen LogP contribution >= 0.6 is 23.4 Å². The second-order valence-corrected chi connectivity index (χ2v) is 4.88. The molecule has 90 valence electrons. The van der Waals surface area contributed by atoms with E-state index in [9.17, 15) is 4.39 Å². The minimum Gasteiger partial charge on any atom is -0.380 e. The van der Waals surface area contributed by atoms with Gasteiger partial charge in [-0.05, 0) is 36.6 Å². The topological polar surface area (TPSA) is 38.0 Å². The molecule has 3 N–H and O–H groups in total. The monoisotopic (exact) mass is 262 g/mol. The number of nitrogens with two attached hydrogens (primary N) is 1. The zero-order valence-electron chi connectivity index (χ0n) is 9.17. The molecule has 1 aromatic carbocycles. The highest BCUT2D eigenvalue weighted by molar-refractivity contribution is 7.98. The third-order valence-electron chi connectivity index (χ3n) is 2.24. The highest BCUT2D eigenvalue weighted by Gasteiger charge is 2.09. The van der Waals surface area contributed by atoms with Gasteiger partial charge in [0.2, 0.25) is 0 Å². The number of anilines is 1. The Balaban J connectivity index is 2.65. The molecule has 1 aromatic rings. The zero-order valence-corrected chi connectivity index (χ0v) is 10.7. The van der Waals surface area contributed by atoms with Gasteiger partial charge in [0.25, 0.3) is 0 Å². The van der Waals surface area contributed by atoms with Crippen molar-refractivity contribution in [3.8, 4) is 0 Å². The van der Waals surface area contributed by atoms with Crippen molar-refractivity contribution in [3.63, 3.8) is 0 Å². The summed E-state index contributed by atoms with van der Waals surface area (Å²) in [5, 5.41) is 3.68. The van der Waals surface area contributed by atoms with E-state index in [0.717, 1.165) is 12.2 Å². The van der Waals surface area contributed by atoms with Crippen molar-refractivity contribution in [2.45, 2.75) is 12.5 Å². The summed E-state index contributed by atoms with van der Waals surface area (Å²) < 4.78 is 13.0. The lowest BCUT2D eigenvalue weighted by Gasteiger charge is -2.18. The highest BCUT2D eigenvalue weighted by Crippen LogP contribution is 2.23. The number of halogens is 2. The van der Waals surface area contributed by atoms with Gasteiger partial charge in [0.1, 0.15) is 5.82 Å². The van der Waals surface area contributed by atoms with Crippen LogP contribution in [0.25, 0.3) is 0 Å². The lowest BCUT2D eigenvalue weighted by Crippen LogP contribution is -2.29. The number of thioether (sulfide) groups is 1. The average molecular weight is 263 g/mol. The molecule has 1 rings (SSSR count). The molecule has 16 heavy (non-hydrogen) atoms. The van der Waals surface area contributed by atoms with Crippen molar-refractivity contribution in [2.75, 3.05) is 23.9 Å². The average Bonchev–Trinajstić information content (AvgIpc) is 2.28. The van der Waals surface area contributed by atoms with Crippen molar-refractivity contribution in [3.05, 3.63) is 29.0 Å². The predicted octanol–water partition coefficient (Wildman–Crippen LogP) is 2.97. The van der Waals surface area contributed by atoms with Gasteiger partial charge >= 0.3 is 0 Å². The molecule has 0 fully saturated rings. The van der Waals surface area contributed by atoms with Crippen LogP contribution < -0.4 is 11.1 Å². The van der Waals surface area contributed by atoms with Gasteiger partial charge in [0.05, 0.1) is 10.7 Å². The predicted molar refractivity (Wildman–Crippen MR) is 70.9 cm³/mol. The molecular weight excluding hydrogens is 247 g/mol. The summed E-state index contributed by atoms with van der Waals surface area (Å²) in [6.07, 6.45) is 2.98. The number of rotatable bonds is 6. The van der Waals surface area contributed by atoms with E-state index in [2.05, 4.69) is 5.32 Å². The van der Waals surface area contributed by atoms with E-state index >= 15 is 0 Å². The number of hydrogen-bond donors (Lipinski definition) is 2. The van der Waals surface area contributed by atoms with E-state index in [0.29, 0.717) is 17.3 Å². The molecule has 0 aromatic heterocycles. The first kappa shape index (κ1) is 13.6. The number of nitrogens with one attached hydrogen (secondary N) is 1. The Hall–Kier alpha value is -0.450. The first-order valence-corrected chi connectivity index (χ1v) is 6.85. The lowest BCUT2D eigenvalue weighted by atomic mass is 10.2. The largest absolute Gasteiger partial charge is 0.380 e. The molecule has 0 saturated carbocycles. The molecule has 0 aliphatic rings. The van der Waals surface area contributed by atoms with Crippen LogP contribution in [0.3, 0.4) is 0 Å². The minimum absolute atomic E-state index is 0.131. The fourth-order valence-electron chi connectivity index (χ4n) is 1.34. The Labute approximate surface area is 105 Å². The molecule has 0 bridgehead atoms. The van der Waals surface area contributed by atoms with Crippen molar-refractivity contribution in [1.82, 2.24) is 0 Å². The summed E-state index contributed by atoms with van der Waals surface area (Å²) in [5.41, 5.74) is 6.25. The molecule has 0 spiro atoms. The Kier molecular flexibility index (Phi) is 5.95. The van der Waals surface area contributed by atoms with E-state index < -0.39 is 0 Å². The fraction of sp³-hybridized carbons (Fsp3) is 0.455. The third-order valence-corrected chi connectivity index (χ3v) is 3.22. The van der Waals surface area contributed by atoms with Gasteiger partial charge < -0.3 is 11.1 Å². The van der Waals surface area contributed by atoms with Crippen LogP contribution in [0, 0.1) is 5.82 Å². The smallest absolute Gasteiger partial charge is 0.125 e. The first-order valence-electron chi connectivity index (χ1n) is 5.08. The third kappa shape index (κ3) is 4.20. The molecule has 0 amide bonds. The van der Waals surface area contributed by atoms with Gasteiger partial charge in [-0.2, -0.15) is 11.8 Å². The van der Waals surface area contributed by atoms with Gasteiger partial charge in [-0.25, -0.2) is 4.39 Å². The number of hydrogen-bond acceptors (Lipinski definition) is 3. The minimum atomic E-state index is -0.299. The molecule has 0 heterocycles. The van der Waals surface area contributed by atoms with Crippen LogP contribution in [-0.2, 0) is 0 Å². The highest BCUT2D eigenvalue weighted by atomic mass is 35.5. The van der Waals surface area contributed by atoms with E-state index in [1.807, 2.05) is 6.26 Å². The Bertz CT molecular complexity index is 336. The molecule has 1 atom stereocenters. The summed E-state index contributed by atoms with van der Waals surface area (Å²) in [5.74, 6) is 0.717. The Morgan fingerprint density at radius 1 is 1.56 bits per heavy atom. The van der Waals surface area contributed by atoms with Crippen LogP contribution in [0.1, 0.15) is 6.42 Å². The fourth-order valence-corrected chi connectivity index (χ4v) is 2.03. The standard InChI is InChI=1S/C11H16ClFN2S/c1-16-5-4-9(7-14)15-11-6-8(13)2-3-10(11)12/h2-3,6,9,15H,4-5,7,14H2,1H3. The van der Waals surface area contributed by atoms with Crippen molar-refractivity contribution in [1.29, 1.82) is 0 Å². The van der Waals surface area contributed by atoms with E-state index in [1.54, 1.807) is 17.8 Å². The van der Waals surface area contributed by atoms with Crippen molar-refractivity contribution in [2.24, 2.45) is 5.73 Å². The second kappa shape index (κ2) is 6.99. The molecule has 0 saturated heterocycles. The first-order chi connectivity index (χ1) is 7.67. The maximum absolute atomic E-state index is 13.0. The van der Waals surface area contributed by atoms with Crippen LogP contribution in [-0.4, -0.2) is 24.6 Å². The summed E-state index contributed by atoms with van der Waals surface area (Å²) in [6, 6.07) is 4.41. The van der Waals surface area contributed by atoms with Crippen LogP contribution in [0.15, 0.2) is 18.2 Å². The summed E-state index contributed by atoms with van der Waals surface area (Å²) >= 11 is 7.72. The van der Waals surface area contributed by atoms with Gasteiger partial charge in [0.15, 0.2) is 0 Å². The molecule has 0 aliphatic heterocycles. The summed E-state index contributed by atoms with van der Waals surface area (Å²) in [4.78, 5) is 0. The zero-order chi connectivity index (χ0) is 12.0. The summed E-state index contributed by atoms with van der Waals surface area (Å²) in [7, 11) is 0. The number of benzene rings is 1.